The molecule has 148 valence electrons. The van der Waals surface area contributed by atoms with Gasteiger partial charge in [-0.2, -0.15) is 4.99 Å². The molecule has 1 heterocycles. The second-order valence-electron chi connectivity index (χ2n) is 5.98. The third-order valence-electron chi connectivity index (χ3n) is 3.98. The number of carbonyl (C=O) groups excluding carboxylic acids is 1. The number of non-ortho nitro benzene ring substituents is 1. The number of thiazole rings is 1. The van der Waals surface area contributed by atoms with Gasteiger partial charge in [0.15, 0.2) is 4.80 Å². The zero-order chi connectivity index (χ0) is 20.8. The number of rotatable bonds is 7. The molecule has 1 amide bonds. The summed E-state index contributed by atoms with van der Waals surface area (Å²) in [4.78, 5) is 27.5. The molecule has 8 heteroatoms. The fourth-order valence-electron chi connectivity index (χ4n) is 2.74. The highest BCUT2D eigenvalue weighted by atomic mass is 32.1. The Morgan fingerprint density at radius 1 is 1.34 bits per heavy atom. The van der Waals surface area contributed by atoms with E-state index in [4.69, 9.17) is 4.74 Å². The highest BCUT2D eigenvalue weighted by molar-refractivity contribution is 7.16. The zero-order valence-corrected chi connectivity index (χ0v) is 16.6. The van der Waals surface area contributed by atoms with E-state index in [-0.39, 0.29) is 5.69 Å². The van der Waals surface area contributed by atoms with Crippen LogP contribution >= 0.6 is 11.3 Å². The Kier molecular flexibility index (Phi) is 6.36. The Labute approximate surface area is 171 Å². The van der Waals surface area contributed by atoms with Gasteiger partial charge in [0.05, 0.1) is 21.7 Å². The lowest BCUT2D eigenvalue weighted by molar-refractivity contribution is -0.384. The van der Waals surface area contributed by atoms with E-state index in [9.17, 15) is 14.9 Å². The number of amides is 1. The molecule has 2 aromatic carbocycles. The van der Waals surface area contributed by atoms with E-state index in [2.05, 4.69) is 11.6 Å². The predicted molar refractivity (Wildman–Crippen MR) is 114 cm³/mol. The van der Waals surface area contributed by atoms with Crippen molar-refractivity contribution in [3.8, 4) is 5.75 Å². The third-order valence-corrected chi connectivity index (χ3v) is 5.02. The van der Waals surface area contributed by atoms with Gasteiger partial charge >= 0.3 is 0 Å². The van der Waals surface area contributed by atoms with Crippen LogP contribution in [0.4, 0.5) is 5.69 Å². The third kappa shape index (κ3) is 4.85. The molecule has 0 unspecified atom stereocenters. The quantitative estimate of drug-likeness (QED) is 0.251. The Morgan fingerprint density at radius 2 is 2.17 bits per heavy atom. The van der Waals surface area contributed by atoms with Crippen molar-refractivity contribution in [2.24, 2.45) is 4.99 Å². The van der Waals surface area contributed by atoms with E-state index < -0.39 is 10.8 Å². The lowest BCUT2D eigenvalue weighted by Gasteiger charge is -2.03. The molecule has 1 aromatic heterocycles. The number of nitro benzene ring substituents is 1. The lowest BCUT2D eigenvalue weighted by atomic mass is 10.2. The predicted octanol–water partition coefficient (Wildman–Crippen LogP) is 4.34. The molecular formula is C21H19N3O4S. The first kappa shape index (κ1) is 20.2. The van der Waals surface area contributed by atoms with Crippen molar-refractivity contribution in [2.75, 3.05) is 6.61 Å². The van der Waals surface area contributed by atoms with Crippen molar-refractivity contribution >= 4 is 39.2 Å². The van der Waals surface area contributed by atoms with Crippen LogP contribution in [-0.2, 0) is 11.3 Å². The number of aromatic nitrogens is 1. The molecule has 3 aromatic rings. The summed E-state index contributed by atoms with van der Waals surface area (Å²) < 4.78 is 8.39. The summed E-state index contributed by atoms with van der Waals surface area (Å²) in [7, 11) is 0. The molecule has 0 fully saturated rings. The molecule has 0 radical (unpaired) electrons. The average molecular weight is 409 g/mol. The van der Waals surface area contributed by atoms with E-state index in [1.807, 2.05) is 29.7 Å². The number of nitrogens with zero attached hydrogens (tertiary/aromatic N) is 3. The minimum absolute atomic E-state index is 0.0324. The first-order valence-electron chi connectivity index (χ1n) is 8.90. The monoisotopic (exact) mass is 409 g/mol. The van der Waals surface area contributed by atoms with E-state index >= 15 is 0 Å². The smallest absolute Gasteiger partial charge is 0.272 e. The number of fused-ring (bicyclic) bond motifs is 1. The van der Waals surface area contributed by atoms with Crippen LogP contribution < -0.4 is 9.54 Å². The number of hydrogen-bond donors (Lipinski definition) is 0. The minimum Gasteiger partial charge on any atom is -0.494 e. The minimum atomic E-state index is -0.477. The molecule has 0 aliphatic heterocycles. The Bertz CT molecular complexity index is 1170. The summed E-state index contributed by atoms with van der Waals surface area (Å²) in [6.45, 7) is 6.77. The SMILES string of the molecule is C=CCn1c(=NC(=O)C=Cc2cccc([N+](=O)[O-])c2)sc2cc(OCC)ccc21. The maximum Gasteiger partial charge on any atom is 0.272 e. The van der Waals surface area contributed by atoms with Gasteiger partial charge in [-0.15, -0.1) is 6.58 Å². The van der Waals surface area contributed by atoms with Crippen molar-refractivity contribution in [2.45, 2.75) is 13.5 Å². The van der Waals surface area contributed by atoms with Crippen LogP contribution in [0.2, 0.25) is 0 Å². The van der Waals surface area contributed by atoms with Crippen LogP contribution in [0.1, 0.15) is 12.5 Å². The second kappa shape index (κ2) is 9.11. The lowest BCUT2D eigenvalue weighted by Crippen LogP contribution is -2.15. The van der Waals surface area contributed by atoms with Gasteiger partial charge in [-0.3, -0.25) is 14.9 Å². The van der Waals surface area contributed by atoms with Gasteiger partial charge < -0.3 is 9.30 Å². The van der Waals surface area contributed by atoms with Gasteiger partial charge in [-0.25, -0.2) is 0 Å². The number of nitro groups is 1. The van der Waals surface area contributed by atoms with Crippen molar-refractivity contribution < 1.29 is 14.5 Å². The fraction of sp³-hybridized carbons (Fsp3) is 0.143. The molecule has 0 aliphatic rings. The summed E-state index contributed by atoms with van der Waals surface area (Å²) in [5, 5.41) is 10.9. The van der Waals surface area contributed by atoms with Gasteiger partial charge in [-0.05, 0) is 36.8 Å². The molecule has 7 nitrogen and oxygen atoms in total. The number of allylic oxidation sites excluding steroid dienone is 1. The number of ether oxygens (including phenoxy) is 1. The van der Waals surface area contributed by atoms with E-state index in [1.165, 1.54) is 35.6 Å². The van der Waals surface area contributed by atoms with E-state index in [0.717, 1.165) is 16.0 Å². The van der Waals surface area contributed by atoms with Crippen LogP contribution in [-0.4, -0.2) is 22.0 Å². The topological polar surface area (TPSA) is 86.7 Å². The van der Waals surface area contributed by atoms with Crippen LogP contribution in [0, 0.1) is 10.1 Å². The Morgan fingerprint density at radius 3 is 2.90 bits per heavy atom. The summed E-state index contributed by atoms with van der Waals surface area (Å²) in [5.41, 5.74) is 1.46. The Hall–Kier alpha value is -3.52. The molecular weight excluding hydrogens is 390 g/mol. The van der Waals surface area contributed by atoms with Gasteiger partial charge in [0.1, 0.15) is 5.75 Å². The van der Waals surface area contributed by atoms with Gasteiger partial charge in [0.2, 0.25) is 0 Å². The molecule has 0 N–H and O–H groups in total. The first-order chi connectivity index (χ1) is 14.0. The highest BCUT2D eigenvalue weighted by Crippen LogP contribution is 2.23. The summed E-state index contributed by atoms with van der Waals surface area (Å²) >= 11 is 1.38. The zero-order valence-electron chi connectivity index (χ0n) is 15.8. The molecule has 0 spiro atoms. The van der Waals surface area contributed by atoms with Gasteiger partial charge in [0.25, 0.3) is 11.6 Å². The molecule has 0 atom stereocenters. The van der Waals surface area contributed by atoms with Gasteiger partial charge in [0, 0.05) is 24.8 Å². The summed E-state index contributed by atoms with van der Waals surface area (Å²) in [6.07, 6.45) is 4.55. The second-order valence-corrected chi connectivity index (χ2v) is 6.99. The summed E-state index contributed by atoms with van der Waals surface area (Å²) in [6, 6.07) is 11.8. The highest BCUT2D eigenvalue weighted by Gasteiger charge is 2.08. The first-order valence-corrected chi connectivity index (χ1v) is 9.71. The average Bonchev–Trinajstić information content (AvgIpc) is 3.03. The molecule has 0 saturated carbocycles. The number of carbonyl (C=O) groups is 1. The molecule has 0 bridgehead atoms. The van der Waals surface area contributed by atoms with Crippen molar-refractivity contribution in [1.82, 2.24) is 4.57 Å². The summed E-state index contributed by atoms with van der Waals surface area (Å²) in [5.74, 6) is 0.307. The number of benzene rings is 2. The van der Waals surface area contributed by atoms with Crippen LogP contribution in [0.5, 0.6) is 5.75 Å². The maximum atomic E-state index is 12.4. The van der Waals surface area contributed by atoms with Crippen LogP contribution in [0.3, 0.4) is 0 Å². The molecule has 3 rings (SSSR count). The largest absolute Gasteiger partial charge is 0.494 e. The maximum absolute atomic E-state index is 12.4. The van der Waals surface area contributed by atoms with Gasteiger partial charge in [-0.1, -0.05) is 29.5 Å². The van der Waals surface area contributed by atoms with Crippen molar-refractivity contribution in [3.63, 3.8) is 0 Å². The number of hydrogen-bond acceptors (Lipinski definition) is 5. The Balaban J connectivity index is 1.94. The molecule has 0 aliphatic carbocycles. The fourth-order valence-corrected chi connectivity index (χ4v) is 3.82. The van der Waals surface area contributed by atoms with E-state index in [1.54, 1.807) is 18.2 Å². The standard InChI is InChI=1S/C21H19N3O4S/c1-3-12-23-18-10-9-17(28-4-2)14-19(18)29-21(23)22-20(25)11-8-15-6-5-7-16(13-15)24(26)27/h3,5-11,13-14H,1,4,12H2,2H3. The normalized spacial score (nSPS) is 11.8. The molecule has 0 saturated heterocycles. The van der Waals surface area contributed by atoms with Crippen LogP contribution in [0.15, 0.2) is 66.2 Å². The van der Waals surface area contributed by atoms with Crippen molar-refractivity contribution in [1.29, 1.82) is 0 Å². The van der Waals surface area contributed by atoms with Crippen molar-refractivity contribution in [3.05, 3.63) is 81.7 Å². The van der Waals surface area contributed by atoms with Crippen LogP contribution in [0.25, 0.3) is 16.3 Å². The molecule has 29 heavy (non-hydrogen) atoms. The van der Waals surface area contributed by atoms with E-state index in [0.29, 0.717) is 23.5 Å².